The van der Waals surface area contributed by atoms with Crippen molar-refractivity contribution >= 4 is 22.9 Å². The Kier molecular flexibility index (Phi) is 5.02. The zero-order valence-electron chi connectivity index (χ0n) is 11.1. The molecule has 1 amide bonds. The molecule has 6 nitrogen and oxygen atoms in total. The molecule has 110 valence electrons. The van der Waals surface area contributed by atoms with Crippen molar-refractivity contribution in [3.05, 3.63) is 62.3 Å². The first-order valence-electron chi connectivity index (χ1n) is 6.26. The van der Waals surface area contributed by atoms with E-state index >= 15 is 0 Å². The number of thiophene rings is 1. The summed E-state index contributed by atoms with van der Waals surface area (Å²) in [5.74, 6) is -0.287. The van der Waals surface area contributed by atoms with Gasteiger partial charge in [-0.15, -0.1) is 0 Å². The molecule has 1 aromatic carbocycles. The van der Waals surface area contributed by atoms with Crippen molar-refractivity contribution < 1.29 is 14.8 Å². The molecule has 0 saturated carbocycles. The van der Waals surface area contributed by atoms with Crippen molar-refractivity contribution in [2.75, 3.05) is 6.54 Å². The minimum atomic E-state index is -0.745. The lowest BCUT2D eigenvalue weighted by molar-refractivity contribution is -0.384. The van der Waals surface area contributed by atoms with Gasteiger partial charge in [-0.25, -0.2) is 0 Å². The van der Waals surface area contributed by atoms with Crippen LogP contribution in [0.1, 0.15) is 17.2 Å². The number of nitrogens with zero attached hydrogens (tertiary/aromatic N) is 1. The number of rotatable bonds is 6. The average Bonchev–Trinajstić information content (AvgIpc) is 2.99. The summed E-state index contributed by atoms with van der Waals surface area (Å²) in [7, 11) is 0. The zero-order chi connectivity index (χ0) is 15.2. The summed E-state index contributed by atoms with van der Waals surface area (Å²) in [5.41, 5.74) is 1.28. The van der Waals surface area contributed by atoms with E-state index in [4.69, 9.17) is 0 Å². The highest BCUT2D eigenvalue weighted by molar-refractivity contribution is 7.07. The third-order valence-corrected chi connectivity index (χ3v) is 3.61. The van der Waals surface area contributed by atoms with Crippen molar-refractivity contribution in [2.24, 2.45) is 0 Å². The normalized spacial score (nSPS) is 11.9. The highest BCUT2D eigenvalue weighted by atomic mass is 32.1. The molecule has 1 heterocycles. The van der Waals surface area contributed by atoms with Crippen LogP contribution in [-0.2, 0) is 11.2 Å². The summed E-state index contributed by atoms with van der Waals surface area (Å²) < 4.78 is 0. The quantitative estimate of drug-likeness (QED) is 0.631. The van der Waals surface area contributed by atoms with Crippen molar-refractivity contribution in [3.8, 4) is 0 Å². The number of amides is 1. The standard InChI is InChI=1S/C14H14N2O4S/c17-13(11-4-5-21-9-11)8-15-14(18)7-10-2-1-3-12(6-10)16(19)20/h1-6,9,13,17H,7-8H2,(H,15,18). The number of aliphatic hydroxyl groups excluding tert-OH is 1. The van der Waals surface area contributed by atoms with Gasteiger partial charge < -0.3 is 10.4 Å². The van der Waals surface area contributed by atoms with Crippen LogP contribution in [-0.4, -0.2) is 22.5 Å². The summed E-state index contributed by atoms with van der Waals surface area (Å²) in [6.07, 6.45) is -0.705. The van der Waals surface area contributed by atoms with Crippen LogP contribution in [0.5, 0.6) is 0 Å². The Morgan fingerprint density at radius 1 is 1.43 bits per heavy atom. The fraction of sp³-hybridized carbons (Fsp3) is 0.214. The molecule has 1 unspecified atom stereocenters. The van der Waals surface area contributed by atoms with Gasteiger partial charge in [0, 0.05) is 18.7 Å². The van der Waals surface area contributed by atoms with E-state index in [1.807, 2.05) is 10.8 Å². The fourth-order valence-corrected chi connectivity index (χ4v) is 2.53. The van der Waals surface area contributed by atoms with Crippen LogP contribution in [0.4, 0.5) is 5.69 Å². The van der Waals surface area contributed by atoms with Crippen LogP contribution in [0.3, 0.4) is 0 Å². The predicted molar refractivity (Wildman–Crippen MR) is 79.1 cm³/mol. The van der Waals surface area contributed by atoms with Gasteiger partial charge in [0.1, 0.15) is 0 Å². The number of carbonyl (C=O) groups is 1. The maximum absolute atomic E-state index is 11.8. The van der Waals surface area contributed by atoms with Crippen molar-refractivity contribution in [1.82, 2.24) is 5.32 Å². The number of hydrogen-bond acceptors (Lipinski definition) is 5. The molecule has 0 fully saturated rings. The van der Waals surface area contributed by atoms with Crippen LogP contribution >= 0.6 is 11.3 Å². The van der Waals surface area contributed by atoms with Gasteiger partial charge in [-0.1, -0.05) is 12.1 Å². The molecular formula is C14H14N2O4S. The molecule has 21 heavy (non-hydrogen) atoms. The molecule has 7 heteroatoms. The van der Waals surface area contributed by atoms with Gasteiger partial charge in [-0.05, 0) is 28.0 Å². The van der Waals surface area contributed by atoms with E-state index in [-0.39, 0.29) is 24.6 Å². The SMILES string of the molecule is O=C(Cc1cccc([N+](=O)[O-])c1)NCC(O)c1ccsc1. The number of nitro groups is 1. The summed E-state index contributed by atoms with van der Waals surface area (Å²) in [4.78, 5) is 21.9. The van der Waals surface area contributed by atoms with Gasteiger partial charge in [-0.2, -0.15) is 11.3 Å². The van der Waals surface area contributed by atoms with E-state index in [2.05, 4.69) is 5.32 Å². The van der Waals surface area contributed by atoms with Crippen LogP contribution in [0.15, 0.2) is 41.1 Å². The second kappa shape index (κ2) is 6.96. The van der Waals surface area contributed by atoms with Gasteiger partial charge in [0.2, 0.25) is 5.91 Å². The number of hydrogen-bond donors (Lipinski definition) is 2. The molecule has 2 rings (SSSR count). The number of nitrogens with one attached hydrogen (secondary N) is 1. The molecule has 0 aliphatic heterocycles. The molecule has 0 bridgehead atoms. The Balaban J connectivity index is 1.87. The highest BCUT2D eigenvalue weighted by Gasteiger charge is 2.12. The van der Waals surface area contributed by atoms with Crippen molar-refractivity contribution in [2.45, 2.75) is 12.5 Å². The lowest BCUT2D eigenvalue weighted by Crippen LogP contribution is -2.29. The first-order valence-corrected chi connectivity index (χ1v) is 7.20. The molecule has 0 spiro atoms. The monoisotopic (exact) mass is 306 g/mol. The topological polar surface area (TPSA) is 92.5 Å². The molecule has 1 aromatic heterocycles. The highest BCUT2D eigenvalue weighted by Crippen LogP contribution is 2.16. The Morgan fingerprint density at radius 2 is 2.24 bits per heavy atom. The molecule has 2 aromatic rings. The molecule has 0 radical (unpaired) electrons. The van der Waals surface area contributed by atoms with Crippen molar-refractivity contribution in [3.63, 3.8) is 0 Å². The minimum Gasteiger partial charge on any atom is -0.387 e. The van der Waals surface area contributed by atoms with E-state index in [9.17, 15) is 20.0 Å². The lowest BCUT2D eigenvalue weighted by atomic mass is 10.1. The van der Waals surface area contributed by atoms with Gasteiger partial charge in [0.25, 0.3) is 5.69 Å². The van der Waals surface area contributed by atoms with E-state index in [0.717, 1.165) is 5.56 Å². The summed E-state index contributed by atoms with van der Waals surface area (Å²) in [5, 5.41) is 26.8. The van der Waals surface area contributed by atoms with Gasteiger partial charge >= 0.3 is 0 Å². The Hall–Kier alpha value is -2.25. The molecule has 0 saturated heterocycles. The Morgan fingerprint density at radius 3 is 2.90 bits per heavy atom. The van der Waals surface area contributed by atoms with Crippen LogP contribution in [0, 0.1) is 10.1 Å². The molecule has 2 N–H and O–H groups in total. The molecule has 1 atom stereocenters. The third kappa shape index (κ3) is 4.37. The average molecular weight is 306 g/mol. The first kappa shape index (κ1) is 15.1. The van der Waals surface area contributed by atoms with Crippen LogP contribution in [0.25, 0.3) is 0 Å². The molecule has 0 aliphatic rings. The Labute approximate surface area is 125 Å². The number of aliphatic hydroxyl groups is 1. The molecular weight excluding hydrogens is 292 g/mol. The predicted octanol–water partition coefficient (Wildman–Crippen LogP) is 2.05. The zero-order valence-corrected chi connectivity index (χ0v) is 11.9. The first-order chi connectivity index (χ1) is 10.1. The molecule has 0 aliphatic carbocycles. The maximum atomic E-state index is 11.8. The second-order valence-corrected chi connectivity index (χ2v) is 5.26. The van der Waals surface area contributed by atoms with Gasteiger partial charge in [-0.3, -0.25) is 14.9 Å². The second-order valence-electron chi connectivity index (χ2n) is 4.48. The number of benzene rings is 1. The largest absolute Gasteiger partial charge is 0.387 e. The van der Waals surface area contributed by atoms with E-state index in [0.29, 0.717) is 5.56 Å². The summed E-state index contributed by atoms with van der Waals surface area (Å²) in [6.45, 7) is 0.116. The number of carbonyl (C=O) groups excluding carboxylic acids is 1. The summed E-state index contributed by atoms with van der Waals surface area (Å²) >= 11 is 1.47. The fourth-order valence-electron chi connectivity index (χ4n) is 1.82. The van der Waals surface area contributed by atoms with Gasteiger partial charge in [0.05, 0.1) is 17.4 Å². The van der Waals surface area contributed by atoms with Crippen LogP contribution in [0.2, 0.25) is 0 Å². The number of non-ortho nitro benzene ring substituents is 1. The van der Waals surface area contributed by atoms with Crippen molar-refractivity contribution in [1.29, 1.82) is 0 Å². The minimum absolute atomic E-state index is 0.0397. The Bertz CT molecular complexity index is 628. The van der Waals surface area contributed by atoms with Gasteiger partial charge in [0.15, 0.2) is 0 Å². The van der Waals surface area contributed by atoms with E-state index in [1.54, 1.807) is 18.2 Å². The lowest BCUT2D eigenvalue weighted by Gasteiger charge is -2.10. The third-order valence-electron chi connectivity index (χ3n) is 2.91. The van der Waals surface area contributed by atoms with E-state index < -0.39 is 11.0 Å². The van der Waals surface area contributed by atoms with E-state index in [1.165, 1.54) is 23.5 Å². The number of nitro benzene ring substituents is 1. The van der Waals surface area contributed by atoms with Crippen LogP contribution < -0.4 is 5.32 Å². The summed E-state index contributed by atoms with van der Waals surface area (Å²) in [6, 6.07) is 7.74. The smallest absolute Gasteiger partial charge is 0.269 e. The maximum Gasteiger partial charge on any atom is 0.269 e.